The van der Waals surface area contributed by atoms with Crippen molar-refractivity contribution in [1.29, 1.82) is 0 Å². The number of aliphatic hydroxyl groups excluding tert-OH is 1. The van der Waals surface area contributed by atoms with Crippen molar-refractivity contribution in [2.75, 3.05) is 19.7 Å². The smallest absolute Gasteiger partial charge is 0.222 e. The average Bonchev–Trinajstić information content (AvgIpc) is 3.15. The van der Waals surface area contributed by atoms with Gasteiger partial charge in [-0.1, -0.05) is 37.1 Å². The Morgan fingerprint density at radius 3 is 2.58 bits per heavy atom. The molecule has 3 rings (SSSR count). The minimum absolute atomic E-state index is 0.0125. The lowest BCUT2D eigenvalue weighted by molar-refractivity contribution is -0.132. The van der Waals surface area contributed by atoms with E-state index >= 15 is 0 Å². The summed E-state index contributed by atoms with van der Waals surface area (Å²) < 4.78 is 0. The minimum Gasteiger partial charge on any atom is -0.396 e. The highest BCUT2D eigenvalue weighted by atomic mass is 16.3. The van der Waals surface area contributed by atoms with Gasteiger partial charge in [0.15, 0.2) is 0 Å². The molecule has 1 saturated carbocycles. The van der Waals surface area contributed by atoms with Crippen molar-refractivity contribution in [2.45, 2.75) is 57.9 Å². The van der Waals surface area contributed by atoms with Crippen LogP contribution in [-0.2, 0) is 22.6 Å². The predicted molar refractivity (Wildman–Crippen MR) is 100 cm³/mol. The van der Waals surface area contributed by atoms with Crippen LogP contribution >= 0.6 is 0 Å². The van der Waals surface area contributed by atoms with Crippen LogP contribution in [0, 0.1) is 5.41 Å². The average molecular weight is 358 g/mol. The second-order valence-corrected chi connectivity index (χ2v) is 7.83. The first-order valence-corrected chi connectivity index (χ1v) is 9.84. The molecule has 0 unspecified atom stereocenters. The highest BCUT2D eigenvalue weighted by Crippen LogP contribution is 2.36. The third kappa shape index (κ3) is 4.64. The molecule has 1 aromatic rings. The molecule has 0 spiro atoms. The van der Waals surface area contributed by atoms with Gasteiger partial charge in [0.2, 0.25) is 11.8 Å². The maximum absolute atomic E-state index is 12.4. The molecule has 0 aromatic heterocycles. The Hall–Kier alpha value is -1.88. The number of benzene rings is 1. The molecule has 0 atom stereocenters. The van der Waals surface area contributed by atoms with Crippen LogP contribution in [0.2, 0.25) is 0 Å². The van der Waals surface area contributed by atoms with E-state index in [-0.39, 0.29) is 23.8 Å². The number of hydrogen-bond donors (Lipinski definition) is 2. The standard InChI is InChI=1S/C21H30N2O3/c24-16-21(11-3-4-12-21)15-22-19(25)8-5-9-20(26)23-13-10-17-6-1-2-7-18(17)14-23/h1-2,6-7,24H,3-5,8-16H2,(H,22,25). The summed E-state index contributed by atoms with van der Waals surface area (Å²) in [4.78, 5) is 26.4. The molecule has 0 bridgehead atoms. The van der Waals surface area contributed by atoms with Crippen LogP contribution < -0.4 is 5.32 Å². The molecule has 2 amide bonds. The van der Waals surface area contributed by atoms with Gasteiger partial charge in [0.1, 0.15) is 0 Å². The van der Waals surface area contributed by atoms with E-state index in [2.05, 4.69) is 17.4 Å². The van der Waals surface area contributed by atoms with Crippen molar-refractivity contribution in [3.63, 3.8) is 0 Å². The van der Waals surface area contributed by atoms with Crippen molar-refractivity contribution in [1.82, 2.24) is 10.2 Å². The number of carbonyl (C=O) groups excluding carboxylic acids is 2. The zero-order valence-corrected chi connectivity index (χ0v) is 15.5. The molecule has 1 fully saturated rings. The van der Waals surface area contributed by atoms with Crippen molar-refractivity contribution < 1.29 is 14.7 Å². The molecule has 1 heterocycles. The third-order valence-corrected chi connectivity index (χ3v) is 5.94. The first-order valence-electron chi connectivity index (χ1n) is 9.84. The van der Waals surface area contributed by atoms with E-state index in [1.807, 2.05) is 17.0 Å². The number of rotatable bonds is 7. The van der Waals surface area contributed by atoms with Gasteiger partial charge in [0, 0.05) is 37.9 Å². The first-order chi connectivity index (χ1) is 12.6. The largest absolute Gasteiger partial charge is 0.396 e. The van der Waals surface area contributed by atoms with E-state index in [4.69, 9.17) is 0 Å². The zero-order valence-electron chi connectivity index (χ0n) is 15.5. The van der Waals surface area contributed by atoms with Crippen molar-refractivity contribution in [2.24, 2.45) is 5.41 Å². The Morgan fingerprint density at radius 1 is 1.12 bits per heavy atom. The monoisotopic (exact) mass is 358 g/mol. The van der Waals surface area contributed by atoms with Crippen molar-refractivity contribution >= 4 is 11.8 Å². The molecule has 0 saturated heterocycles. The van der Waals surface area contributed by atoms with E-state index in [9.17, 15) is 14.7 Å². The van der Waals surface area contributed by atoms with Crippen LogP contribution in [0.4, 0.5) is 0 Å². The van der Waals surface area contributed by atoms with Gasteiger partial charge in [-0.15, -0.1) is 0 Å². The second kappa shape index (κ2) is 8.67. The molecule has 2 N–H and O–H groups in total. The molecule has 1 aromatic carbocycles. The van der Waals surface area contributed by atoms with Gasteiger partial charge in [-0.3, -0.25) is 9.59 Å². The van der Waals surface area contributed by atoms with Crippen LogP contribution in [0.25, 0.3) is 0 Å². The van der Waals surface area contributed by atoms with Crippen LogP contribution in [0.1, 0.15) is 56.1 Å². The molecule has 1 aliphatic carbocycles. The van der Waals surface area contributed by atoms with Crippen LogP contribution in [0.3, 0.4) is 0 Å². The molecule has 1 aliphatic heterocycles. The number of amides is 2. The zero-order chi connectivity index (χ0) is 18.4. The molecule has 26 heavy (non-hydrogen) atoms. The predicted octanol–water partition coefficient (Wildman–Crippen LogP) is 2.41. The van der Waals surface area contributed by atoms with E-state index in [1.54, 1.807) is 0 Å². The fourth-order valence-corrected chi connectivity index (χ4v) is 4.16. The van der Waals surface area contributed by atoms with Gasteiger partial charge in [-0.25, -0.2) is 0 Å². The normalized spacial score (nSPS) is 18.4. The Balaban J connectivity index is 1.37. The molecule has 0 radical (unpaired) electrons. The van der Waals surface area contributed by atoms with Gasteiger partial charge in [0.05, 0.1) is 6.61 Å². The first kappa shape index (κ1) is 18.9. The quantitative estimate of drug-likeness (QED) is 0.786. The van der Waals surface area contributed by atoms with Crippen LogP contribution in [-0.4, -0.2) is 41.5 Å². The lowest BCUT2D eigenvalue weighted by Gasteiger charge is -2.29. The summed E-state index contributed by atoms with van der Waals surface area (Å²) in [6.45, 7) is 2.14. The Kier molecular flexibility index (Phi) is 6.30. The van der Waals surface area contributed by atoms with Crippen molar-refractivity contribution in [3.8, 4) is 0 Å². The maximum Gasteiger partial charge on any atom is 0.222 e. The minimum atomic E-state index is -0.118. The Labute approximate surface area is 155 Å². The lowest BCUT2D eigenvalue weighted by atomic mass is 9.87. The van der Waals surface area contributed by atoms with E-state index in [1.165, 1.54) is 11.1 Å². The highest BCUT2D eigenvalue weighted by Gasteiger charge is 2.33. The van der Waals surface area contributed by atoms with E-state index in [0.29, 0.717) is 32.4 Å². The van der Waals surface area contributed by atoms with Crippen molar-refractivity contribution in [3.05, 3.63) is 35.4 Å². The number of carbonyl (C=O) groups is 2. The molecule has 142 valence electrons. The van der Waals surface area contributed by atoms with Crippen LogP contribution in [0.15, 0.2) is 24.3 Å². The number of fused-ring (bicyclic) bond motifs is 1. The SMILES string of the molecule is O=C(CCCC(=O)N1CCc2ccccc2C1)NCC1(CO)CCCC1. The number of aliphatic hydroxyl groups is 1. The summed E-state index contributed by atoms with van der Waals surface area (Å²) in [6, 6.07) is 8.27. The number of nitrogens with one attached hydrogen (secondary N) is 1. The topological polar surface area (TPSA) is 69.6 Å². The highest BCUT2D eigenvalue weighted by molar-refractivity contribution is 5.79. The fourth-order valence-electron chi connectivity index (χ4n) is 4.16. The molecule has 2 aliphatic rings. The summed E-state index contributed by atoms with van der Waals surface area (Å²) in [6.07, 6.45) is 6.50. The van der Waals surface area contributed by atoms with Gasteiger partial charge in [-0.2, -0.15) is 0 Å². The summed E-state index contributed by atoms with van der Waals surface area (Å²) >= 11 is 0. The van der Waals surface area contributed by atoms with E-state index in [0.717, 1.165) is 38.6 Å². The second-order valence-electron chi connectivity index (χ2n) is 7.83. The van der Waals surface area contributed by atoms with Gasteiger partial charge in [-0.05, 0) is 36.8 Å². The summed E-state index contributed by atoms with van der Waals surface area (Å²) in [5, 5.41) is 12.5. The summed E-state index contributed by atoms with van der Waals surface area (Å²) in [5.41, 5.74) is 2.45. The Bertz CT molecular complexity index is 638. The Morgan fingerprint density at radius 2 is 1.85 bits per heavy atom. The third-order valence-electron chi connectivity index (χ3n) is 5.94. The molecular formula is C21H30N2O3. The summed E-state index contributed by atoms with van der Waals surface area (Å²) in [5.74, 6) is 0.122. The maximum atomic E-state index is 12.4. The van der Waals surface area contributed by atoms with Gasteiger partial charge < -0.3 is 15.3 Å². The molecule has 5 nitrogen and oxygen atoms in total. The van der Waals surface area contributed by atoms with Crippen LogP contribution in [0.5, 0.6) is 0 Å². The number of nitrogens with zero attached hydrogens (tertiary/aromatic N) is 1. The lowest BCUT2D eigenvalue weighted by Crippen LogP contribution is -2.38. The van der Waals surface area contributed by atoms with Gasteiger partial charge >= 0.3 is 0 Å². The van der Waals surface area contributed by atoms with Gasteiger partial charge in [0.25, 0.3) is 0 Å². The fraction of sp³-hybridized carbons (Fsp3) is 0.619. The molecule has 5 heteroatoms. The molecular weight excluding hydrogens is 328 g/mol. The number of hydrogen-bond acceptors (Lipinski definition) is 3. The summed E-state index contributed by atoms with van der Waals surface area (Å²) in [7, 11) is 0. The van der Waals surface area contributed by atoms with E-state index < -0.39 is 0 Å².